The molecule has 0 aliphatic carbocycles. The molecule has 0 amide bonds. The van der Waals surface area contributed by atoms with Crippen molar-refractivity contribution < 1.29 is 14.4 Å². The Morgan fingerprint density at radius 2 is 1.96 bits per heavy atom. The minimum Gasteiger partial charge on any atom is -0.486 e. The number of nitrogens with zero attached hydrogens (tertiary/aromatic N) is 2. The van der Waals surface area contributed by atoms with E-state index < -0.39 is 4.92 Å². The molecule has 3 rings (SSSR count). The molecule has 0 saturated carbocycles. The van der Waals surface area contributed by atoms with E-state index >= 15 is 0 Å². The average Bonchev–Trinajstić information content (AvgIpc) is 2.66. The van der Waals surface area contributed by atoms with Crippen LogP contribution in [0.3, 0.4) is 0 Å². The zero-order valence-electron chi connectivity index (χ0n) is 14.3. The molecule has 1 N–H and O–H groups in total. The number of anilines is 1. The number of benzene rings is 2. The molecule has 2 aromatic carbocycles. The van der Waals surface area contributed by atoms with Gasteiger partial charge in [-0.25, -0.2) is 0 Å². The largest absolute Gasteiger partial charge is 0.486 e. The van der Waals surface area contributed by atoms with Gasteiger partial charge in [0.1, 0.15) is 6.61 Å². The van der Waals surface area contributed by atoms with E-state index in [9.17, 15) is 10.1 Å². The predicted octanol–water partition coefficient (Wildman–Crippen LogP) is 3.45. The van der Waals surface area contributed by atoms with Crippen molar-refractivity contribution in [3.8, 4) is 11.5 Å². The third-order valence-corrected chi connectivity index (χ3v) is 4.35. The summed E-state index contributed by atoms with van der Waals surface area (Å²) in [6, 6.07) is 13.7. The third-order valence-electron chi connectivity index (χ3n) is 3.99. The van der Waals surface area contributed by atoms with E-state index in [1.807, 2.05) is 36.1 Å². The molecule has 0 saturated heterocycles. The molecular formula is C18H19N3O4S. The van der Waals surface area contributed by atoms with E-state index in [2.05, 4.69) is 5.32 Å². The number of ether oxygens (including phenoxy) is 2. The molecule has 0 unspecified atom stereocenters. The van der Waals surface area contributed by atoms with Crippen LogP contribution in [0.25, 0.3) is 0 Å². The van der Waals surface area contributed by atoms with Crippen molar-refractivity contribution in [1.29, 1.82) is 0 Å². The highest BCUT2D eigenvalue weighted by molar-refractivity contribution is 7.80. The lowest BCUT2D eigenvalue weighted by molar-refractivity contribution is -0.384. The predicted molar refractivity (Wildman–Crippen MR) is 103 cm³/mol. The zero-order valence-corrected chi connectivity index (χ0v) is 15.1. The number of rotatable bonds is 5. The molecule has 0 fully saturated rings. The highest BCUT2D eigenvalue weighted by atomic mass is 32.1. The molecule has 0 aromatic heterocycles. The zero-order chi connectivity index (χ0) is 18.5. The summed E-state index contributed by atoms with van der Waals surface area (Å²) < 4.78 is 11.7. The van der Waals surface area contributed by atoms with Crippen LogP contribution in [0.1, 0.15) is 6.92 Å². The number of nitro groups is 1. The quantitative estimate of drug-likeness (QED) is 0.489. The van der Waals surface area contributed by atoms with Gasteiger partial charge in [-0.1, -0.05) is 12.1 Å². The van der Waals surface area contributed by atoms with Crippen LogP contribution in [0.15, 0.2) is 48.5 Å². The fourth-order valence-electron chi connectivity index (χ4n) is 2.62. The average molecular weight is 373 g/mol. The number of nitrogens with one attached hydrogen (secondary N) is 1. The van der Waals surface area contributed by atoms with E-state index in [0.29, 0.717) is 30.5 Å². The maximum atomic E-state index is 10.7. The van der Waals surface area contributed by atoms with Crippen LogP contribution in [-0.4, -0.2) is 40.7 Å². The number of non-ortho nitro benzene ring substituents is 1. The molecule has 1 heterocycles. The van der Waals surface area contributed by atoms with Crippen molar-refractivity contribution in [2.75, 3.05) is 25.0 Å². The lowest BCUT2D eigenvalue weighted by Gasteiger charge is -2.32. The first kappa shape index (κ1) is 17.9. The van der Waals surface area contributed by atoms with E-state index in [-0.39, 0.29) is 11.8 Å². The van der Waals surface area contributed by atoms with Gasteiger partial charge in [0.15, 0.2) is 22.7 Å². The monoisotopic (exact) mass is 373 g/mol. The Balaban J connectivity index is 1.60. The Bertz CT molecular complexity index is 797. The molecule has 2 aromatic rings. The first-order valence-corrected chi connectivity index (χ1v) is 8.66. The summed E-state index contributed by atoms with van der Waals surface area (Å²) in [5.74, 6) is 1.48. The molecule has 1 atom stereocenters. The van der Waals surface area contributed by atoms with Gasteiger partial charge in [0.25, 0.3) is 5.69 Å². The van der Waals surface area contributed by atoms with Crippen LogP contribution in [0.2, 0.25) is 0 Å². The fourth-order valence-corrected chi connectivity index (χ4v) is 2.94. The Labute approximate surface area is 156 Å². The van der Waals surface area contributed by atoms with Crippen molar-refractivity contribution in [2.24, 2.45) is 0 Å². The maximum absolute atomic E-state index is 10.7. The number of hydrogen-bond donors (Lipinski definition) is 1. The van der Waals surface area contributed by atoms with Gasteiger partial charge in [-0.15, -0.1) is 0 Å². The molecule has 0 bridgehead atoms. The summed E-state index contributed by atoms with van der Waals surface area (Å²) in [5, 5.41) is 14.4. The summed E-state index contributed by atoms with van der Waals surface area (Å²) in [5.41, 5.74) is 0.741. The molecule has 136 valence electrons. The normalized spacial score (nSPS) is 15.2. The Morgan fingerprint density at radius 3 is 2.62 bits per heavy atom. The highest BCUT2D eigenvalue weighted by Crippen LogP contribution is 2.31. The second-order valence-corrected chi connectivity index (χ2v) is 6.16. The van der Waals surface area contributed by atoms with Crippen molar-refractivity contribution in [2.45, 2.75) is 13.0 Å². The smallest absolute Gasteiger partial charge is 0.269 e. The molecule has 1 aliphatic rings. The first-order chi connectivity index (χ1) is 12.6. The molecule has 1 aliphatic heterocycles. The minimum atomic E-state index is -0.432. The Morgan fingerprint density at radius 1 is 1.27 bits per heavy atom. The maximum Gasteiger partial charge on any atom is 0.269 e. The Hall–Kier alpha value is -2.87. The second kappa shape index (κ2) is 8.01. The van der Waals surface area contributed by atoms with Crippen molar-refractivity contribution >= 4 is 28.7 Å². The van der Waals surface area contributed by atoms with Crippen molar-refractivity contribution in [3.05, 3.63) is 58.6 Å². The van der Waals surface area contributed by atoms with Crippen LogP contribution < -0.4 is 14.8 Å². The van der Waals surface area contributed by atoms with E-state index in [1.54, 1.807) is 12.1 Å². The molecule has 0 radical (unpaired) electrons. The van der Waals surface area contributed by atoms with Gasteiger partial charge >= 0.3 is 0 Å². The molecule has 8 heteroatoms. The number of thiocarbonyl (C=S) groups is 1. The van der Waals surface area contributed by atoms with Gasteiger partial charge < -0.3 is 19.7 Å². The number of nitro benzene ring substituents is 1. The lowest BCUT2D eigenvalue weighted by atomic mass is 10.2. The lowest BCUT2D eigenvalue weighted by Crippen LogP contribution is -2.45. The number of likely N-dealkylation sites (N-methyl/N-ethyl adjacent to an activating group) is 1. The van der Waals surface area contributed by atoms with Crippen molar-refractivity contribution in [1.82, 2.24) is 4.90 Å². The summed E-state index contributed by atoms with van der Waals surface area (Å²) in [6.45, 7) is 3.72. The fraction of sp³-hybridized carbons (Fsp3) is 0.278. The molecule has 0 spiro atoms. The van der Waals surface area contributed by atoms with E-state index in [0.717, 1.165) is 11.5 Å². The summed E-state index contributed by atoms with van der Waals surface area (Å²) in [6.07, 6.45) is -0.138. The third kappa shape index (κ3) is 4.20. The van der Waals surface area contributed by atoms with Crippen LogP contribution in [0.5, 0.6) is 11.5 Å². The first-order valence-electron chi connectivity index (χ1n) is 8.25. The van der Waals surface area contributed by atoms with Crippen LogP contribution in [-0.2, 0) is 0 Å². The van der Waals surface area contributed by atoms with Gasteiger partial charge in [-0.3, -0.25) is 10.1 Å². The second-order valence-electron chi connectivity index (χ2n) is 5.77. The topological polar surface area (TPSA) is 76.9 Å². The minimum absolute atomic E-state index is 0.0419. The van der Waals surface area contributed by atoms with Gasteiger partial charge in [0, 0.05) is 24.4 Å². The summed E-state index contributed by atoms with van der Waals surface area (Å²) in [7, 11) is 0. The van der Waals surface area contributed by atoms with Gasteiger partial charge in [-0.2, -0.15) is 0 Å². The van der Waals surface area contributed by atoms with Gasteiger partial charge in [0.2, 0.25) is 0 Å². The van der Waals surface area contributed by atoms with E-state index in [4.69, 9.17) is 21.7 Å². The van der Waals surface area contributed by atoms with Crippen LogP contribution >= 0.6 is 12.2 Å². The number of fused-ring (bicyclic) bond motifs is 1. The Kier molecular flexibility index (Phi) is 5.52. The molecule has 26 heavy (non-hydrogen) atoms. The molecule has 7 nitrogen and oxygen atoms in total. The van der Waals surface area contributed by atoms with Crippen molar-refractivity contribution in [3.63, 3.8) is 0 Å². The standard InChI is InChI=1S/C18H19N3O4S/c1-2-20(11-15-12-24-16-5-3-4-6-17(16)25-15)18(26)19-13-7-9-14(10-8-13)21(22)23/h3-10,15H,2,11-12H2,1H3,(H,19,26)/t15-/m1/s1. The van der Waals surface area contributed by atoms with Crippen LogP contribution in [0, 0.1) is 10.1 Å². The van der Waals surface area contributed by atoms with E-state index in [1.165, 1.54) is 12.1 Å². The number of para-hydroxylation sites is 2. The summed E-state index contributed by atoms with van der Waals surface area (Å²) in [4.78, 5) is 12.3. The van der Waals surface area contributed by atoms with Crippen LogP contribution in [0.4, 0.5) is 11.4 Å². The van der Waals surface area contributed by atoms with Gasteiger partial charge in [0.05, 0.1) is 11.5 Å². The molecular weight excluding hydrogens is 354 g/mol. The number of hydrogen-bond acceptors (Lipinski definition) is 5. The highest BCUT2D eigenvalue weighted by Gasteiger charge is 2.23. The SMILES string of the molecule is CCN(C[C@@H]1COc2ccccc2O1)C(=S)Nc1ccc([N+](=O)[O-])cc1. The van der Waals surface area contributed by atoms with Gasteiger partial charge in [-0.05, 0) is 43.4 Å². The summed E-state index contributed by atoms with van der Waals surface area (Å²) >= 11 is 5.47.